The van der Waals surface area contributed by atoms with Crippen LogP contribution in [0.25, 0.3) is 0 Å². The van der Waals surface area contributed by atoms with Gasteiger partial charge in [0.2, 0.25) is 0 Å². The Balaban J connectivity index is 3.27. The van der Waals surface area contributed by atoms with Gasteiger partial charge in [-0.3, -0.25) is 0 Å². The topological polar surface area (TPSA) is 26.0 Å². The monoisotopic (exact) mass is 286 g/mol. The normalized spacial score (nSPS) is 15.3. The molecular weight excluding hydrogens is 268 g/mol. The molecule has 0 aliphatic rings. The fourth-order valence-corrected chi connectivity index (χ4v) is 3.57. The second kappa shape index (κ2) is 6.06. The summed E-state index contributed by atoms with van der Waals surface area (Å²) in [5, 5.41) is 0.594. The molecule has 0 aromatic carbocycles. The molecule has 2 N–H and O–H groups in total. The van der Waals surface area contributed by atoms with E-state index in [-0.39, 0.29) is 0 Å². The summed E-state index contributed by atoms with van der Waals surface area (Å²) in [6.07, 6.45) is 7.18. The van der Waals surface area contributed by atoms with Crippen LogP contribution in [0.5, 0.6) is 0 Å². The van der Waals surface area contributed by atoms with Crippen LogP contribution in [0, 0.1) is 0 Å². The molecular formula is C8H19Cl3CrN. The summed E-state index contributed by atoms with van der Waals surface area (Å²) in [6, 6.07) is 0. The first-order valence-corrected chi connectivity index (χ1v) is 11.6. The van der Waals surface area contributed by atoms with Gasteiger partial charge in [-0.05, 0) is 0 Å². The predicted molar refractivity (Wildman–Crippen MR) is 59.9 cm³/mol. The Morgan fingerprint density at radius 2 is 1.38 bits per heavy atom. The van der Waals surface area contributed by atoms with Crippen LogP contribution in [-0.2, 0) is 9.46 Å². The molecule has 0 saturated carbocycles. The molecule has 0 aromatic rings. The molecule has 0 heterocycles. The zero-order valence-corrected chi connectivity index (χ0v) is 11.6. The van der Waals surface area contributed by atoms with Crippen molar-refractivity contribution in [1.29, 1.82) is 0 Å². The van der Waals surface area contributed by atoms with Gasteiger partial charge >= 0.3 is 95.1 Å². The predicted octanol–water partition coefficient (Wildman–Crippen LogP) is 4.79. The zero-order valence-electron chi connectivity index (χ0n) is 8.07. The van der Waals surface area contributed by atoms with Crippen LogP contribution < -0.4 is 4.72 Å². The van der Waals surface area contributed by atoms with Gasteiger partial charge in [0.15, 0.2) is 0 Å². The average molecular weight is 288 g/mol. The summed E-state index contributed by atoms with van der Waals surface area (Å²) in [5.41, 5.74) is 0. The van der Waals surface area contributed by atoms with Crippen LogP contribution in [-0.4, -0.2) is 0 Å². The minimum atomic E-state index is -3.63. The molecule has 0 aliphatic carbocycles. The van der Waals surface area contributed by atoms with Crippen molar-refractivity contribution >= 4 is 30.1 Å². The second-order valence-corrected chi connectivity index (χ2v) is 17.6. The fraction of sp³-hybridized carbons (Fsp3) is 1.00. The molecule has 0 saturated heterocycles. The van der Waals surface area contributed by atoms with Gasteiger partial charge in [-0.25, -0.2) is 0 Å². The molecule has 0 radical (unpaired) electrons. The summed E-state index contributed by atoms with van der Waals surface area (Å²) < 4.78 is 5.58. The van der Waals surface area contributed by atoms with Gasteiger partial charge < -0.3 is 0 Å². The van der Waals surface area contributed by atoms with Gasteiger partial charge in [0.1, 0.15) is 0 Å². The van der Waals surface area contributed by atoms with E-state index in [1.807, 2.05) is 0 Å². The van der Waals surface area contributed by atoms with Crippen molar-refractivity contribution in [2.45, 2.75) is 50.7 Å². The maximum atomic E-state index is 5.80. The van der Waals surface area contributed by atoms with Crippen molar-refractivity contribution in [2.75, 3.05) is 0 Å². The Hall–Kier alpha value is 1.36. The van der Waals surface area contributed by atoms with Crippen molar-refractivity contribution in [3.05, 3.63) is 0 Å². The third kappa shape index (κ3) is 13.4. The molecule has 0 rings (SSSR count). The van der Waals surface area contributed by atoms with Crippen LogP contribution in [0.4, 0.5) is 0 Å². The van der Waals surface area contributed by atoms with E-state index in [9.17, 15) is 0 Å². The molecule has 0 fully saturated rings. The van der Waals surface area contributed by atoms with E-state index >= 15 is 0 Å². The fourth-order valence-electron chi connectivity index (χ4n) is 1.13. The first-order chi connectivity index (χ1) is 5.81. The summed E-state index contributed by atoms with van der Waals surface area (Å²) in [4.78, 5) is 0. The number of halogens is 3. The molecule has 0 spiro atoms. The first-order valence-electron chi connectivity index (χ1n) is 4.69. The van der Waals surface area contributed by atoms with Crippen LogP contribution in [0.2, 0.25) is 5.28 Å². The second-order valence-electron chi connectivity index (χ2n) is 3.41. The van der Waals surface area contributed by atoms with E-state index in [0.717, 1.165) is 12.8 Å². The van der Waals surface area contributed by atoms with Crippen LogP contribution in [0.15, 0.2) is 0 Å². The van der Waals surface area contributed by atoms with E-state index in [4.69, 9.17) is 34.9 Å². The Kier molecular flexibility index (Phi) is 6.69. The third-order valence-electron chi connectivity index (χ3n) is 1.85. The van der Waals surface area contributed by atoms with Crippen molar-refractivity contribution < 1.29 is 9.46 Å². The van der Waals surface area contributed by atoms with E-state index in [2.05, 4.69) is 6.92 Å². The Morgan fingerprint density at radius 1 is 0.923 bits per heavy atom. The van der Waals surface area contributed by atoms with Gasteiger partial charge in [-0.2, -0.15) is 0 Å². The molecule has 5 heteroatoms. The van der Waals surface area contributed by atoms with Crippen molar-refractivity contribution in [2.24, 2.45) is 4.72 Å². The molecule has 83 valence electrons. The molecule has 0 aliphatic heterocycles. The Labute approximate surface area is 94.7 Å². The van der Waals surface area contributed by atoms with Gasteiger partial charge in [-0.15, -0.1) is 0 Å². The van der Waals surface area contributed by atoms with Crippen LogP contribution in [0.3, 0.4) is 0 Å². The summed E-state index contributed by atoms with van der Waals surface area (Å²) >= 11 is 0. The molecule has 0 bridgehead atoms. The average Bonchev–Trinajstić information content (AvgIpc) is 1.93. The summed E-state index contributed by atoms with van der Waals surface area (Å²) in [6.45, 7) is 2.20. The standard InChI is InChI=1S/C8H17.3ClH.Cr.H2N/c1-3-5-7-8-6-4-2;;;;;/h1,3-8H2,2H3;3*1H;;1H2/q;;;;+4;-1/p-3. The molecule has 0 aromatic heterocycles. The summed E-state index contributed by atoms with van der Waals surface area (Å²) in [5.74, 6) is 0. The third-order valence-corrected chi connectivity index (χ3v) is 5.30. The molecule has 0 amide bonds. The van der Waals surface area contributed by atoms with Gasteiger partial charge in [-0.1, -0.05) is 0 Å². The molecule has 0 atom stereocenters. The zero-order chi connectivity index (χ0) is 10.4. The number of unbranched alkanes of at least 4 members (excludes halogenated alkanes) is 5. The molecule has 13 heavy (non-hydrogen) atoms. The number of hydrogen-bond acceptors (Lipinski definition) is 1. The van der Waals surface area contributed by atoms with Crippen LogP contribution >= 0.6 is 30.1 Å². The van der Waals surface area contributed by atoms with Crippen molar-refractivity contribution in [3.8, 4) is 0 Å². The maximum absolute atomic E-state index is 5.80. The van der Waals surface area contributed by atoms with Gasteiger partial charge in [0.25, 0.3) is 0 Å². The number of hydrogen-bond donors (Lipinski definition) is 1. The van der Waals surface area contributed by atoms with Crippen molar-refractivity contribution in [1.82, 2.24) is 0 Å². The van der Waals surface area contributed by atoms with E-state index in [1.165, 1.54) is 25.7 Å². The van der Waals surface area contributed by atoms with Crippen molar-refractivity contribution in [3.63, 3.8) is 0 Å². The molecule has 0 unspecified atom stereocenters. The van der Waals surface area contributed by atoms with E-state index in [1.54, 1.807) is 0 Å². The minimum absolute atomic E-state index is 0.594. The first kappa shape index (κ1) is 14.4. The number of nitrogens with two attached hydrogens (primary N) is 1. The quantitative estimate of drug-likeness (QED) is 0.669. The Morgan fingerprint density at radius 3 is 1.85 bits per heavy atom. The summed E-state index contributed by atoms with van der Waals surface area (Å²) in [7, 11) is 13.8. The SMILES string of the molecule is CCCCCCC[CH2][Cr]([NH2])([Cl])([Cl])[Cl]. The van der Waals surface area contributed by atoms with E-state index in [0.29, 0.717) is 5.28 Å². The van der Waals surface area contributed by atoms with Crippen LogP contribution in [0.1, 0.15) is 45.4 Å². The Bertz CT molecular complexity index is 135. The van der Waals surface area contributed by atoms with Gasteiger partial charge in [0.05, 0.1) is 0 Å². The molecule has 1 nitrogen and oxygen atoms in total. The van der Waals surface area contributed by atoms with E-state index < -0.39 is 9.46 Å². The van der Waals surface area contributed by atoms with Gasteiger partial charge in [0, 0.05) is 0 Å². The number of rotatable bonds is 7.